The number of nitrogens with zero attached hydrogens (tertiary/aromatic N) is 1. The molecule has 2 rings (SSSR count). The van der Waals surface area contributed by atoms with Gasteiger partial charge >= 0.3 is 0 Å². The molecule has 2 fully saturated rings. The van der Waals surface area contributed by atoms with Gasteiger partial charge in [0.15, 0.2) is 0 Å². The van der Waals surface area contributed by atoms with Gasteiger partial charge in [-0.2, -0.15) is 0 Å². The largest absolute Gasteiger partial charge is 0.311 e. The maximum Gasteiger partial charge on any atom is 0.00940 e. The van der Waals surface area contributed by atoms with Gasteiger partial charge in [-0.15, -0.1) is 0 Å². The van der Waals surface area contributed by atoms with Gasteiger partial charge < -0.3 is 10.2 Å². The molecule has 2 atom stereocenters. The van der Waals surface area contributed by atoms with E-state index >= 15 is 0 Å². The van der Waals surface area contributed by atoms with Crippen LogP contribution in [-0.4, -0.2) is 36.6 Å². The van der Waals surface area contributed by atoms with E-state index in [1.165, 1.54) is 58.2 Å². The summed E-state index contributed by atoms with van der Waals surface area (Å²) in [5, 5.41) is 3.98. The van der Waals surface area contributed by atoms with E-state index in [9.17, 15) is 0 Å². The smallest absolute Gasteiger partial charge is 0.00940 e. The van der Waals surface area contributed by atoms with Crippen LogP contribution in [0.1, 0.15) is 66.2 Å². The summed E-state index contributed by atoms with van der Waals surface area (Å²) in [5.41, 5.74) is 0.540. The fourth-order valence-corrected chi connectivity index (χ4v) is 4.45. The first kappa shape index (κ1) is 15.3. The van der Waals surface area contributed by atoms with Crippen molar-refractivity contribution in [3.63, 3.8) is 0 Å². The van der Waals surface area contributed by atoms with Crippen molar-refractivity contribution < 1.29 is 0 Å². The van der Waals surface area contributed by atoms with Crippen LogP contribution in [0.2, 0.25) is 0 Å². The predicted octanol–water partition coefficient (Wildman–Crippen LogP) is 3.67. The summed E-state index contributed by atoms with van der Waals surface area (Å²) in [6.45, 7) is 13.5. The van der Waals surface area contributed by atoms with Crippen LogP contribution in [0.3, 0.4) is 0 Å². The molecule has 2 aliphatic rings. The minimum Gasteiger partial charge on any atom is -0.311 e. The molecule has 0 spiro atoms. The molecule has 0 amide bonds. The van der Waals surface area contributed by atoms with Gasteiger partial charge in [-0.25, -0.2) is 0 Å². The summed E-state index contributed by atoms with van der Waals surface area (Å²) >= 11 is 0. The average Bonchev–Trinajstić information content (AvgIpc) is 2.29. The van der Waals surface area contributed by atoms with Crippen LogP contribution in [-0.2, 0) is 0 Å². The minimum atomic E-state index is 0.540. The number of nitrogens with one attached hydrogen (secondary N) is 1. The highest BCUT2D eigenvalue weighted by atomic mass is 15.1. The number of hydrogen-bond acceptors (Lipinski definition) is 2. The van der Waals surface area contributed by atoms with Gasteiger partial charge in [0.1, 0.15) is 0 Å². The average molecular weight is 266 g/mol. The third kappa shape index (κ3) is 4.75. The Morgan fingerprint density at radius 3 is 2.37 bits per heavy atom. The van der Waals surface area contributed by atoms with Crippen LogP contribution < -0.4 is 5.32 Å². The topological polar surface area (TPSA) is 15.3 Å². The second-order valence-corrected chi connectivity index (χ2v) is 7.89. The molecule has 1 N–H and O–H groups in total. The van der Waals surface area contributed by atoms with Gasteiger partial charge in [0, 0.05) is 12.1 Å². The zero-order chi connectivity index (χ0) is 13.9. The molecule has 1 saturated heterocycles. The molecule has 1 aliphatic carbocycles. The third-order valence-electron chi connectivity index (χ3n) is 4.99. The van der Waals surface area contributed by atoms with Crippen LogP contribution in [0, 0.1) is 11.3 Å². The second-order valence-electron chi connectivity index (χ2n) is 7.89. The Kier molecular flexibility index (Phi) is 5.30. The molecule has 1 aliphatic heterocycles. The van der Waals surface area contributed by atoms with E-state index < -0.39 is 0 Å². The lowest BCUT2D eigenvalue weighted by Gasteiger charge is -2.42. The lowest BCUT2D eigenvalue weighted by Crippen LogP contribution is -2.49. The molecule has 0 aromatic carbocycles. The molecule has 2 unspecified atom stereocenters. The van der Waals surface area contributed by atoms with E-state index in [-0.39, 0.29) is 0 Å². The molecule has 1 heterocycles. The van der Waals surface area contributed by atoms with E-state index in [2.05, 4.69) is 37.9 Å². The minimum absolute atomic E-state index is 0.540. The molecule has 0 aromatic heterocycles. The Balaban J connectivity index is 1.76. The molecule has 19 heavy (non-hydrogen) atoms. The number of piperidine rings is 1. The van der Waals surface area contributed by atoms with Crippen LogP contribution in [0.4, 0.5) is 0 Å². The summed E-state index contributed by atoms with van der Waals surface area (Å²) < 4.78 is 0. The Morgan fingerprint density at radius 1 is 1.11 bits per heavy atom. The van der Waals surface area contributed by atoms with Crippen molar-refractivity contribution in [2.45, 2.75) is 78.3 Å². The summed E-state index contributed by atoms with van der Waals surface area (Å²) in [7, 11) is 0. The highest BCUT2D eigenvalue weighted by Gasteiger charge is 2.33. The quantitative estimate of drug-likeness (QED) is 0.835. The van der Waals surface area contributed by atoms with Crippen molar-refractivity contribution in [3.8, 4) is 0 Å². The number of hydrogen-bond donors (Lipinski definition) is 1. The van der Waals surface area contributed by atoms with Crippen molar-refractivity contribution in [1.82, 2.24) is 10.2 Å². The Labute approximate surface area is 120 Å². The first-order chi connectivity index (χ1) is 8.98. The number of likely N-dealkylation sites (tertiary alicyclic amines) is 1. The van der Waals surface area contributed by atoms with Gasteiger partial charge in [-0.05, 0) is 69.5 Å². The van der Waals surface area contributed by atoms with Crippen LogP contribution >= 0.6 is 0 Å². The van der Waals surface area contributed by atoms with Crippen LogP contribution in [0.25, 0.3) is 0 Å². The van der Waals surface area contributed by atoms with Crippen molar-refractivity contribution in [2.75, 3.05) is 19.6 Å². The maximum absolute atomic E-state index is 3.98. The fourth-order valence-electron chi connectivity index (χ4n) is 4.45. The van der Waals surface area contributed by atoms with Crippen molar-refractivity contribution in [2.24, 2.45) is 11.3 Å². The molecule has 1 saturated carbocycles. The molecule has 112 valence electrons. The van der Waals surface area contributed by atoms with E-state index in [0.717, 1.165) is 18.0 Å². The second kappa shape index (κ2) is 6.58. The SMILES string of the molecule is CCCN1CCC(NC2CC(C)CC(C)(C)C2)CC1. The number of rotatable bonds is 4. The van der Waals surface area contributed by atoms with Crippen LogP contribution in [0.5, 0.6) is 0 Å². The van der Waals surface area contributed by atoms with Crippen LogP contribution in [0.15, 0.2) is 0 Å². The Morgan fingerprint density at radius 2 is 1.79 bits per heavy atom. The predicted molar refractivity (Wildman–Crippen MR) is 83.5 cm³/mol. The summed E-state index contributed by atoms with van der Waals surface area (Å²) in [5.74, 6) is 0.890. The highest BCUT2D eigenvalue weighted by molar-refractivity contribution is 4.89. The molecule has 2 heteroatoms. The molecule has 0 aromatic rings. The molecule has 0 bridgehead atoms. The first-order valence-electron chi connectivity index (χ1n) is 8.47. The Hall–Kier alpha value is -0.0800. The standard InChI is InChI=1S/C17H34N2/c1-5-8-19-9-6-15(7-10-19)18-16-11-14(2)12-17(3,4)13-16/h14-16,18H,5-13H2,1-4H3. The van der Waals surface area contributed by atoms with E-state index in [1.807, 2.05) is 0 Å². The fraction of sp³-hybridized carbons (Fsp3) is 1.00. The highest BCUT2D eigenvalue weighted by Crippen LogP contribution is 2.38. The monoisotopic (exact) mass is 266 g/mol. The molecule has 2 nitrogen and oxygen atoms in total. The summed E-state index contributed by atoms with van der Waals surface area (Å²) in [4.78, 5) is 2.63. The van der Waals surface area contributed by atoms with E-state index in [4.69, 9.17) is 0 Å². The zero-order valence-electron chi connectivity index (χ0n) is 13.5. The molecular weight excluding hydrogens is 232 g/mol. The first-order valence-corrected chi connectivity index (χ1v) is 8.47. The van der Waals surface area contributed by atoms with Crippen molar-refractivity contribution >= 4 is 0 Å². The Bertz CT molecular complexity index is 266. The normalized spacial score (nSPS) is 33.5. The van der Waals surface area contributed by atoms with Crippen molar-refractivity contribution in [3.05, 3.63) is 0 Å². The van der Waals surface area contributed by atoms with Gasteiger partial charge in [0.25, 0.3) is 0 Å². The van der Waals surface area contributed by atoms with Gasteiger partial charge in [0.2, 0.25) is 0 Å². The van der Waals surface area contributed by atoms with Gasteiger partial charge in [0.05, 0.1) is 0 Å². The molecule has 0 radical (unpaired) electrons. The molecular formula is C17H34N2. The van der Waals surface area contributed by atoms with E-state index in [1.54, 1.807) is 0 Å². The maximum atomic E-state index is 3.98. The van der Waals surface area contributed by atoms with Crippen molar-refractivity contribution in [1.29, 1.82) is 0 Å². The lowest BCUT2D eigenvalue weighted by atomic mass is 9.70. The zero-order valence-corrected chi connectivity index (χ0v) is 13.5. The van der Waals surface area contributed by atoms with E-state index in [0.29, 0.717) is 5.41 Å². The van der Waals surface area contributed by atoms with Gasteiger partial charge in [-0.3, -0.25) is 0 Å². The summed E-state index contributed by atoms with van der Waals surface area (Å²) in [6, 6.07) is 1.54. The van der Waals surface area contributed by atoms with Gasteiger partial charge in [-0.1, -0.05) is 27.7 Å². The summed E-state index contributed by atoms with van der Waals surface area (Å²) in [6.07, 6.45) is 8.16. The lowest BCUT2D eigenvalue weighted by molar-refractivity contribution is 0.126. The third-order valence-corrected chi connectivity index (χ3v) is 4.99.